The maximum Gasteiger partial charge on any atom is 0.0542 e. The maximum absolute atomic E-state index is 2.37. The molecule has 2 heteroatoms. The molecule has 1 heterocycles. The summed E-state index contributed by atoms with van der Waals surface area (Å²) < 4.78 is 2.37. The van der Waals surface area contributed by atoms with E-state index < -0.39 is 0 Å². The van der Waals surface area contributed by atoms with Crippen LogP contribution in [0.5, 0.6) is 0 Å². The SMILES string of the molecule is c1ccc(N(c2ccc3ccc(-c4ccc(-c5ccc6ccccc6c5)cc4)cc3c2)c2ccc3c(c2)c2ccccc2n3-c2ccccc2)cc1. The molecule has 9 aromatic carbocycles. The number of para-hydroxylation sites is 3. The van der Waals surface area contributed by atoms with E-state index in [2.05, 4.69) is 216 Å². The quantitative estimate of drug-likeness (QED) is 0.172. The highest BCUT2D eigenvalue weighted by Gasteiger charge is 2.17. The van der Waals surface area contributed by atoms with Crippen molar-refractivity contribution in [1.82, 2.24) is 4.57 Å². The largest absolute Gasteiger partial charge is 0.310 e. The minimum absolute atomic E-state index is 1.12. The summed E-state index contributed by atoms with van der Waals surface area (Å²) in [6, 6.07) is 74.7. The zero-order valence-electron chi connectivity index (χ0n) is 28.5. The van der Waals surface area contributed by atoms with Gasteiger partial charge in [-0.1, -0.05) is 133 Å². The highest BCUT2D eigenvalue weighted by atomic mass is 15.1. The Morgan fingerprint density at radius 3 is 1.56 bits per heavy atom. The van der Waals surface area contributed by atoms with Gasteiger partial charge in [0, 0.05) is 33.5 Å². The minimum atomic E-state index is 1.12. The van der Waals surface area contributed by atoms with Crippen molar-refractivity contribution in [3.63, 3.8) is 0 Å². The van der Waals surface area contributed by atoms with Crippen molar-refractivity contribution < 1.29 is 0 Å². The van der Waals surface area contributed by atoms with E-state index in [1.54, 1.807) is 0 Å². The Morgan fingerprint density at radius 2 is 0.808 bits per heavy atom. The van der Waals surface area contributed by atoms with Crippen molar-refractivity contribution >= 4 is 60.4 Å². The third kappa shape index (κ3) is 5.21. The smallest absolute Gasteiger partial charge is 0.0542 e. The van der Waals surface area contributed by atoms with Crippen molar-refractivity contribution in [3.8, 4) is 27.9 Å². The van der Waals surface area contributed by atoms with E-state index in [9.17, 15) is 0 Å². The summed E-state index contributed by atoms with van der Waals surface area (Å²) in [6.45, 7) is 0. The molecule has 0 amide bonds. The Morgan fingerprint density at radius 1 is 0.288 bits per heavy atom. The van der Waals surface area contributed by atoms with Crippen LogP contribution in [0.2, 0.25) is 0 Å². The standard InChI is InChI=1S/C50H34N2/c1-3-13-43(14-4-1)51(46-29-30-50-48(34-46)47-17-9-10-18-49(47)52(50)44-15-5-2-6-16-44)45-28-27-38-24-26-41(32-42(38)33-45)37-21-19-36(20-22-37)40-25-23-35-11-7-8-12-39(35)31-40/h1-34H. The van der Waals surface area contributed by atoms with Crippen LogP contribution in [0.1, 0.15) is 0 Å². The van der Waals surface area contributed by atoms with E-state index in [0.29, 0.717) is 0 Å². The van der Waals surface area contributed by atoms with Crippen molar-refractivity contribution in [2.75, 3.05) is 4.90 Å². The number of anilines is 3. The average molecular weight is 663 g/mol. The fraction of sp³-hybridized carbons (Fsp3) is 0. The molecule has 0 radical (unpaired) electrons. The van der Waals surface area contributed by atoms with Gasteiger partial charge in [0.1, 0.15) is 0 Å². The minimum Gasteiger partial charge on any atom is -0.310 e. The van der Waals surface area contributed by atoms with E-state index in [1.165, 1.54) is 65.6 Å². The second-order valence-corrected chi connectivity index (χ2v) is 13.4. The second-order valence-electron chi connectivity index (χ2n) is 13.4. The monoisotopic (exact) mass is 662 g/mol. The lowest BCUT2D eigenvalue weighted by atomic mass is 9.97. The van der Waals surface area contributed by atoms with Crippen LogP contribution < -0.4 is 4.90 Å². The summed E-state index contributed by atoms with van der Waals surface area (Å²) in [4.78, 5) is 2.37. The molecule has 0 atom stereocenters. The van der Waals surface area contributed by atoms with Crippen LogP contribution in [-0.2, 0) is 0 Å². The fourth-order valence-corrected chi connectivity index (χ4v) is 7.76. The zero-order chi connectivity index (χ0) is 34.4. The normalized spacial score (nSPS) is 11.5. The van der Waals surface area contributed by atoms with Gasteiger partial charge in [-0.3, -0.25) is 0 Å². The molecule has 2 nitrogen and oxygen atoms in total. The molecule has 0 N–H and O–H groups in total. The first-order valence-corrected chi connectivity index (χ1v) is 17.8. The average Bonchev–Trinajstić information content (AvgIpc) is 3.55. The van der Waals surface area contributed by atoms with Gasteiger partial charge in [0.05, 0.1) is 11.0 Å². The summed E-state index contributed by atoms with van der Waals surface area (Å²) in [6.07, 6.45) is 0. The molecular formula is C50H34N2. The van der Waals surface area contributed by atoms with Gasteiger partial charge in [0.15, 0.2) is 0 Å². The van der Waals surface area contributed by atoms with Crippen LogP contribution in [0, 0.1) is 0 Å². The van der Waals surface area contributed by atoms with Gasteiger partial charge >= 0.3 is 0 Å². The van der Waals surface area contributed by atoms with Crippen LogP contribution in [-0.4, -0.2) is 4.57 Å². The predicted octanol–water partition coefficient (Wildman–Crippen LogP) is 13.9. The number of hydrogen-bond donors (Lipinski definition) is 0. The summed E-state index contributed by atoms with van der Waals surface area (Å²) in [5.74, 6) is 0. The first-order valence-electron chi connectivity index (χ1n) is 17.8. The zero-order valence-corrected chi connectivity index (χ0v) is 28.5. The van der Waals surface area contributed by atoms with E-state index in [0.717, 1.165) is 22.7 Å². The molecule has 0 saturated heterocycles. The number of aromatic nitrogens is 1. The summed E-state index contributed by atoms with van der Waals surface area (Å²) in [7, 11) is 0. The van der Waals surface area contributed by atoms with Crippen LogP contribution in [0.25, 0.3) is 71.3 Å². The Labute approximate surface area is 303 Å². The topological polar surface area (TPSA) is 8.17 Å². The molecule has 10 rings (SSSR count). The van der Waals surface area contributed by atoms with Crippen LogP contribution in [0.15, 0.2) is 206 Å². The van der Waals surface area contributed by atoms with Gasteiger partial charge < -0.3 is 9.47 Å². The van der Waals surface area contributed by atoms with Gasteiger partial charge in [-0.15, -0.1) is 0 Å². The van der Waals surface area contributed by atoms with Crippen LogP contribution in [0.3, 0.4) is 0 Å². The maximum atomic E-state index is 2.37. The second kappa shape index (κ2) is 12.5. The highest BCUT2D eigenvalue weighted by molar-refractivity contribution is 6.10. The Balaban J connectivity index is 1.06. The van der Waals surface area contributed by atoms with Crippen molar-refractivity contribution in [3.05, 3.63) is 206 Å². The van der Waals surface area contributed by atoms with Crippen molar-refractivity contribution in [1.29, 1.82) is 0 Å². The number of benzene rings is 9. The molecular weight excluding hydrogens is 629 g/mol. The predicted molar refractivity (Wildman–Crippen MR) is 221 cm³/mol. The number of hydrogen-bond acceptors (Lipinski definition) is 1. The fourth-order valence-electron chi connectivity index (χ4n) is 7.76. The Hall–Kier alpha value is -6.90. The third-order valence-electron chi connectivity index (χ3n) is 10.3. The molecule has 0 aliphatic heterocycles. The van der Waals surface area contributed by atoms with Gasteiger partial charge in [-0.05, 0) is 117 Å². The molecule has 0 spiro atoms. The Bertz CT molecular complexity index is 2890. The molecule has 0 saturated carbocycles. The summed E-state index contributed by atoms with van der Waals surface area (Å²) in [5, 5.41) is 7.42. The van der Waals surface area contributed by atoms with E-state index in [4.69, 9.17) is 0 Å². The molecule has 10 aromatic rings. The number of nitrogens with zero attached hydrogens (tertiary/aromatic N) is 2. The van der Waals surface area contributed by atoms with Crippen LogP contribution >= 0.6 is 0 Å². The summed E-state index contributed by atoms with van der Waals surface area (Å²) >= 11 is 0. The molecule has 244 valence electrons. The lowest BCUT2D eigenvalue weighted by Gasteiger charge is -2.26. The summed E-state index contributed by atoms with van der Waals surface area (Å²) in [5.41, 5.74) is 11.8. The van der Waals surface area contributed by atoms with Gasteiger partial charge in [0.2, 0.25) is 0 Å². The Kier molecular flexibility index (Phi) is 7.18. The third-order valence-corrected chi connectivity index (χ3v) is 10.3. The van der Waals surface area contributed by atoms with Gasteiger partial charge in [-0.25, -0.2) is 0 Å². The van der Waals surface area contributed by atoms with Gasteiger partial charge in [0.25, 0.3) is 0 Å². The molecule has 1 aromatic heterocycles. The molecule has 0 bridgehead atoms. The van der Waals surface area contributed by atoms with Crippen LogP contribution in [0.4, 0.5) is 17.1 Å². The van der Waals surface area contributed by atoms with Crippen molar-refractivity contribution in [2.24, 2.45) is 0 Å². The highest BCUT2D eigenvalue weighted by Crippen LogP contribution is 2.41. The lowest BCUT2D eigenvalue weighted by molar-refractivity contribution is 1.18. The molecule has 0 fully saturated rings. The van der Waals surface area contributed by atoms with Crippen molar-refractivity contribution in [2.45, 2.75) is 0 Å². The molecule has 0 aliphatic rings. The van der Waals surface area contributed by atoms with Gasteiger partial charge in [-0.2, -0.15) is 0 Å². The van der Waals surface area contributed by atoms with E-state index in [-0.39, 0.29) is 0 Å². The molecule has 0 unspecified atom stereocenters. The molecule has 0 aliphatic carbocycles. The van der Waals surface area contributed by atoms with E-state index in [1.807, 2.05) is 0 Å². The molecule has 52 heavy (non-hydrogen) atoms. The first kappa shape index (κ1) is 30.0. The van der Waals surface area contributed by atoms with E-state index >= 15 is 0 Å². The number of fused-ring (bicyclic) bond motifs is 5. The first-order chi connectivity index (χ1) is 25.8. The number of rotatable bonds is 6. The lowest BCUT2D eigenvalue weighted by Crippen LogP contribution is -2.09.